The van der Waals surface area contributed by atoms with E-state index in [9.17, 15) is 32.4 Å². The van der Waals surface area contributed by atoms with Crippen LogP contribution >= 0.6 is 10.7 Å². The molecule has 4 heterocycles. The van der Waals surface area contributed by atoms with Crippen molar-refractivity contribution in [3.05, 3.63) is 196 Å². The van der Waals surface area contributed by atoms with Crippen molar-refractivity contribution in [2.45, 2.75) is 294 Å². The number of hydrogen-bond donors (Lipinski definition) is 4. The fourth-order valence-corrected chi connectivity index (χ4v) is 14.8. The predicted octanol–water partition coefficient (Wildman–Crippen LogP) is 19.6. The molecule has 0 amide bonds. The van der Waals surface area contributed by atoms with Gasteiger partial charge in [-0.15, -0.1) is 0 Å². The standard InChI is InChI=1S/C22H30N2O.C14H16N2O.C12H22.C9H8N2O.C8H6N2O2.C7H7ClO2S.C4H10.4C2H6.CH4.Na.H/c25-22-20-14-8-7-13-19(20)21(18-11-5-2-6-12-18)23-24(22)16-15-17-9-3-1-4-10-17;17-14-12-9-5-4-8-11(12)13(15-16-14)10-6-2-1-3-7-10;1-3-7-11(8-4-1)12-9-5-2-6-10-12;1-6-7-4-2-3-5-8(7)9(12)11-10-6;11-7-5-3-1-2-4-6(5)8(12)10-9-7;1-6-2-4-7(5-3-6)11(8,9)10;1-3-4-2;4*1-2;;;/h7-8,13-14,17-18H,1-6,9-12,15-16H2;4-5,8-10H,1-3,6-7H2,(H,16,17);11-12H,1-10H2;2-5H,1H3,(H,11,12);1-4H,(H,9,11)(H,10,12);2-5H,1H3;3-4H2,1-2H3;4*1-2H3;1H4;;/q;;;;;;;;;;;;+1;-1. The number of H-pyrrole nitrogens is 4. The Bertz CT molecular complexity index is 4140. The van der Waals surface area contributed by atoms with Crippen LogP contribution in [-0.2, 0) is 15.6 Å². The largest absolute Gasteiger partial charge is 1.00 e. The van der Waals surface area contributed by atoms with Crippen LogP contribution < -0.4 is 57.4 Å². The second kappa shape index (κ2) is 52.6. The number of aryl methyl sites for hydroxylation is 3. The Morgan fingerprint density at radius 1 is 0.427 bits per heavy atom. The number of halogens is 1. The fourth-order valence-electron chi connectivity index (χ4n) is 14.0. The van der Waals surface area contributed by atoms with E-state index in [1.807, 2.05) is 130 Å². The molecule has 5 aliphatic rings. The third-order valence-corrected chi connectivity index (χ3v) is 20.8. The Balaban J connectivity index is 0.000000616. The summed E-state index contributed by atoms with van der Waals surface area (Å²) in [7, 11) is 1.54. The van der Waals surface area contributed by atoms with Crippen molar-refractivity contribution in [1.82, 2.24) is 40.4 Å². The number of nitrogens with zero attached hydrogens (tertiary/aromatic N) is 4. The Morgan fingerprint density at radius 3 is 1.16 bits per heavy atom. The van der Waals surface area contributed by atoms with Gasteiger partial charge in [-0.05, 0) is 106 Å². The maximum absolute atomic E-state index is 12.9. The normalized spacial score (nSPS) is 15.3. The summed E-state index contributed by atoms with van der Waals surface area (Å²) in [6.45, 7) is 24.9. The van der Waals surface area contributed by atoms with Gasteiger partial charge in [-0.25, -0.2) is 23.3 Å². The van der Waals surface area contributed by atoms with Crippen molar-refractivity contribution < 1.29 is 39.4 Å². The van der Waals surface area contributed by atoms with E-state index in [2.05, 4.69) is 50.5 Å². The van der Waals surface area contributed by atoms with E-state index in [-0.39, 0.29) is 71.1 Å². The molecule has 4 N–H and O–H groups in total. The number of fused-ring (bicyclic) bond motifs is 4. The molecular weight excluding hydrogens is 1340 g/mol. The minimum absolute atomic E-state index is 0. The Kier molecular flexibility index (Phi) is 47.4. The molecule has 15 nitrogen and oxygen atoms in total. The van der Waals surface area contributed by atoms with Crippen LogP contribution in [0, 0.1) is 31.6 Å². The van der Waals surface area contributed by atoms with Crippen molar-refractivity contribution in [3.8, 4) is 0 Å². The first-order valence-electron chi connectivity index (χ1n) is 38.8. The molecule has 5 aliphatic carbocycles. The molecule has 18 heteroatoms. The van der Waals surface area contributed by atoms with Crippen molar-refractivity contribution in [3.63, 3.8) is 0 Å². The minimum Gasteiger partial charge on any atom is -1.00 e. The number of rotatable bonds is 8. The van der Waals surface area contributed by atoms with Crippen molar-refractivity contribution in [1.29, 1.82) is 0 Å². The number of unbranched alkanes of at least 4 members (excludes halogenated alkanes) is 1. The number of hydrogen-bond acceptors (Lipinski definition) is 10. The average molecular weight is 1460 g/mol. The topological polar surface area (TPSA) is 226 Å². The summed E-state index contributed by atoms with van der Waals surface area (Å²) in [4.78, 5) is 58.2. The van der Waals surface area contributed by atoms with E-state index in [0.29, 0.717) is 28.0 Å². The zero-order chi connectivity index (χ0) is 74.0. The number of nitrogens with one attached hydrogen (secondary N) is 4. The molecule has 103 heavy (non-hydrogen) atoms. The van der Waals surface area contributed by atoms with E-state index in [1.54, 1.807) is 72.8 Å². The first-order chi connectivity index (χ1) is 49.1. The monoisotopic (exact) mass is 1460 g/mol. The van der Waals surface area contributed by atoms with Gasteiger partial charge in [0.1, 0.15) is 0 Å². The summed E-state index contributed by atoms with van der Waals surface area (Å²) in [6, 6.07) is 36.4. The maximum atomic E-state index is 12.9. The fraction of sp³-hybridized carbons (Fsp3) is 0.553. The summed E-state index contributed by atoms with van der Waals surface area (Å²) in [5.74, 6) is 4.11. The molecule has 0 radical (unpaired) electrons. The molecule has 5 fully saturated rings. The molecule has 0 aliphatic heterocycles. The van der Waals surface area contributed by atoms with Gasteiger partial charge >= 0.3 is 29.6 Å². The van der Waals surface area contributed by atoms with Crippen molar-refractivity contribution >= 4 is 62.8 Å². The van der Waals surface area contributed by atoms with Gasteiger partial charge in [0.15, 0.2) is 0 Å². The van der Waals surface area contributed by atoms with Gasteiger partial charge in [0, 0.05) is 45.2 Å². The van der Waals surface area contributed by atoms with E-state index in [1.165, 1.54) is 166 Å². The smallest absolute Gasteiger partial charge is 1.00 e. The van der Waals surface area contributed by atoms with Gasteiger partial charge < -0.3 is 1.43 Å². The SMILES string of the molecule is C.C1CCC(C2CCCCC2)CC1.CC.CC.CC.CC.CCCC.Cc1ccc(S(=O)(=O)Cl)cc1.Cc1n[nH]c(=O)c2ccccc12.O=c1[nH][nH]c(=O)c2ccccc12.O=c1[nH]nc(C2CCCCC2)c2ccccc12.O=c1c2ccccc2c(C2CCCCC2)nn1CCC1CCCCC1.[H-].[Na+]. The van der Waals surface area contributed by atoms with Gasteiger partial charge in [0.05, 0.1) is 48.9 Å². The van der Waals surface area contributed by atoms with Gasteiger partial charge in [0.25, 0.3) is 36.8 Å². The minimum atomic E-state index is -3.55. The second-order valence-electron chi connectivity index (χ2n) is 26.1. The molecule has 5 saturated carbocycles. The van der Waals surface area contributed by atoms with Gasteiger partial charge in [0.2, 0.25) is 0 Å². The first-order valence-corrected chi connectivity index (χ1v) is 41.1. The van der Waals surface area contributed by atoms with Crippen LogP contribution in [0.25, 0.3) is 43.1 Å². The third-order valence-electron chi connectivity index (χ3n) is 19.4. The number of benzene rings is 5. The third kappa shape index (κ3) is 30.2. The van der Waals surface area contributed by atoms with E-state index in [0.717, 1.165) is 74.6 Å². The van der Waals surface area contributed by atoms with Crippen molar-refractivity contribution in [2.75, 3.05) is 0 Å². The Morgan fingerprint density at radius 2 is 0.757 bits per heavy atom. The summed E-state index contributed by atoms with van der Waals surface area (Å²) < 4.78 is 23.2. The van der Waals surface area contributed by atoms with E-state index >= 15 is 0 Å². The van der Waals surface area contributed by atoms with Crippen LogP contribution in [0.3, 0.4) is 0 Å². The molecule has 0 bridgehead atoms. The summed E-state index contributed by atoms with van der Waals surface area (Å²) in [5.41, 5.74) is 3.47. The molecule has 0 saturated heterocycles. The number of aromatic nitrogens is 8. The molecular formula is C85H128ClN8NaO7S. The van der Waals surface area contributed by atoms with E-state index < -0.39 is 9.05 Å². The summed E-state index contributed by atoms with van der Waals surface area (Å²) >= 11 is 0. The van der Waals surface area contributed by atoms with Crippen LogP contribution in [0.4, 0.5) is 0 Å². The van der Waals surface area contributed by atoms with Gasteiger partial charge in [-0.1, -0.05) is 309 Å². The second-order valence-corrected chi connectivity index (χ2v) is 28.7. The molecule has 0 atom stereocenters. The first kappa shape index (κ1) is 92.8. The summed E-state index contributed by atoms with van der Waals surface area (Å²) in [6.07, 6.45) is 38.6. The maximum Gasteiger partial charge on any atom is 1.00 e. The van der Waals surface area contributed by atoms with Gasteiger partial charge in [-0.2, -0.15) is 15.3 Å². The predicted molar refractivity (Wildman–Crippen MR) is 435 cm³/mol. The van der Waals surface area contributed by atoms with Gasteiger partial charge in [-0.3, -0.25) is 34.2 Å². The average Bonchev–Trinajstić information content (AvgIpc) is 0.788. The van der Waals surface area contributed by atoms with Crippen LogP contribution in [0.15, 0.2) is 150 Å². The molecule has 14 rings (SSSR count). The Hall–Kier alpha value is -6.30. The van der Waals surface area contributed by atoms with Crippen LogP contribution in [0.2, 0.25) is 0 Å². The Labute approximate surface area is 645 Å². The van der Waals surface area contributed by atoms with Crippen LogP contribution in [-0.4, -0.2) is 48.8 Å². The molecule has 4 aromatic heterocycles. The van der Waals surface area contributed by atoms with Crippen molar-refractivity contribution in [2.24, 2.45) is 17.8 Å². The van der Waals surface area contributed by atoms with Crippen LogP contribution in [0.1, 0.15) is 292 Å². The quantitative estimate of drug-likeness (QED) is 0.0831. The zero-order valence-electron chi connectivity index (χ0n) is 65.4. The van der Waals surface area contributed by atoms with Crippen LogP contribution in [0.5, 0.6) is 0 Å². The van der Waals surface area contributed by atoms with E-state index in [4.69, 9.17) is 15.8 Å². The zero-order valence-corrected chi connectivity index (χ0v) is 67.9. The molecule has 564 valence electrons. The number of aromatic amines is 4. The molecule has 0 spiro atoms. The molecule has 9 aromatic rings. The summed E-state index contributed by atoms with van der Waals surface area (Å²) in [5, 5.41) is 28.8. The molecule has 5 aromatic carbocycles. The molecule has 0 unspecified atom stereocenters.